The first-order chi connectivity index (χ1) is 10.2. The quantitative estimate of drug-likeness (QED) is 0.851. The lowest BCUT2D eigenvalue weighted by atomic mass is 9.99. The van der Waals surface area contributed by atoms with Crippen molar-refractivity contribution in [2.24, 2.45) is 5.73 Å². The van der Waals surface area contributed by atoms with Crippen molar-refractivity contribution in [2.75, 3.05) is 21.3 Å². The summed E-state index contributed by atoms with van der Waals surface area (Å²) in [6, 6.07) is 5.82. The molecule has 114 valence electrons. The van der Waals surface area contributed by atoms with Gasteiger partial charge in [-0.2, -0.15) is 11.3 Å². The maximum Gasteiger partial charge on any atom is 0.203 e. The number of benzene rings is 1. The molecule has 21 heavy (non-hydrogen) atoms. The highest BCUT2D eigenvalue weighted by Crippen LogP contribution is 2.42. The van der Waals surface area contributed by atoms with Gasteiger partial charge in [0.15, 0.2) is 11.5 Å². The molecule has 0 saturated heterocycles. The molecule has 1 unspecified atom stereocenters. The molecule has 0 spiro atoms. The molecule has 1 atom stereocenters. The number of rotatable bonds is 7. The molecule has 1 aromatic carbocycles. The van der Waals surface area contributed by atoms with Crippen molar-refractivity contribution in [3.8, 4) is 17.2 Å². The van der Waals surface area contributed by atoms with Crippen molar-refractivity contribution < 1.29 is 14.2 Å². The van der Waals surface area contributed by atoms with E-state index < -0.39 is 0 Å². The third-order valence-electron chi connectivity index (χ3n) is 3.46. The molecule has 2 rings (SSSR count). The molecule has 0 saturated carbocycles. The van der Waals surface area contributed by atoms with E-state index in [2.05, 4.69) is 16.8 Å². The maximum absolute atomic E-state index is 6.33. The van der Waals surface area contributed by atoms with E-state index in [0.717, 1.165) is 18.4 Å². The topological polar surface area (TPSA) is 53.7 Å². The highest BCUT2D eigenvalue weighted by Gasteiger charge is 2.19. The Morgan fingerprint density at radius 3 is 2.38 bits per heavy atom. The van der Waals surface area contributed by atoms with E-state index in [0.29, 0.717) is 17.2 Å². The molecule has 0 aliphatic carbocycles. The Hall–Kier alpha value is -1.72. The summed E-state index contributed by atoms with van der Waals surface area (Å²) in [5.74, 6) is 1.88. The summed E-state index contributed by atoms with van der Waals surface area (Å²) in [6.07, 6.45) is 1.80. The lowest BCUT2D eigenvalue weighted by molar-refractivity contribution is 0.320. The number of ether oxygens (including phenoxy) is 3. The highest BCUT2D eigenvalue weighted by molar-refractivity contribution is 7.07. The molecule has 0 aliphatic rings. The van der Waals surface area contributed by atoms with Gasteiger partial charge >= 0.3 is 0 Å². The van der Waals surface area contributed by atoms with Gasteiger partial charge in [-0.25, -0.2) is 0 Å². The standard InChI is InChI=1S/C16H21NO3S/c1-18-14-7-5-12(15(19-2)16(14)20-3)13(17)6-4-11-8-9-21-10-11/h5,7-10,13H,4,6,17H2,1-3H3. The Morgan fingerprint density at radius 1 is 1.05 bits per heavy atom. The van der Waals surface area contributed by atoms with Crippen LogP contribution in [-0.2, 0) is 6.42 Å². The van der Waals surface area contributed by atoms with E-state index in [1.165, 1.54) is 5.56 Å². The second-order valence-corrected chi connectivity index (χ2v) is 5.48. The second-order valence-electron chi connectivity index (χ2n) is 4.70. The van der Waals surface area contributed by atoms with Crippen LogP contribution < -0.4 is 19.9 Å². The van der Waals surface area contributed by atoms with Crippen LogP contribution in [0.25, 0.3) is 0 Å². The Labute approximate surface area is 129 Å². The van der Waals surface area contributed by atoms with Gasteiger partial charge in [0, 0.05) is 11.6 Å². The van der Waals surface area contributed by atoms with Crippen LogP contribution in [0.15, 0.2) is 29.0 Å². The van der Waals surface area contributed by atoms with Gasteiger partial charge in [-0.3, -0.25) is 0 Å². The van der Waals surface area contributed by atoms with Crippen molar-refractivity contribution in [1.29, 1.82) is 0 Å². The molecule has 0 radical (unpaired) electrons. The number of aryl methyl sites for hydroxylation is 1. The van der Waals surface area contributed by atoms with Crippen molar-refractivity contribution in [1.82, 2.24) is 0 Å². The molecule has 2 N–H and O–H groups in total. The Morgan fingerprint density at radius 2 is 1.81 bits per heavy atom. The fourth-order valence-electron chi connectivity index (χ4n) is 2.33. The third kappa shape index (κ3) is 3.49. The molecular formula is C16H21NO3S. The zero-order chi connectivity index (χ0) is 15.2. The van der Waals surface area contributed by atoms with Gasteiger partial charge in [0.25, 0.3) is 0 Å². The molecule has 0 bridgehead atoms. The first-order valence-electron chi connectivity index (χ1n) is 6.76. The van der Waals surface area contributed by atoms with Crippen LogP contribution in [0.1, 0.15) is 23.6 Å². The molecule has 1 aromatic heterocycles. The fourth-order valence-corrected chi connectivity index (χ4v) is 3.03. The Balaban J connectivity index is 2.21. The minimum Gasteiger partial charge on any atom is -0.493 e. The molecular weight excluding hydrogens is 286 g/mol. The smallest absolute Gasteiger partial charge is 0.203 e. The number of thiophene rings is 1. The van der Waals surface area contributed by atoms with Gasteiger partial charge in [-0.1, -0.05) is 0 Å². The number of nitrogens with two attached hydrogens (primary N) is 1. The molecule has 4 nitrogen and oxygen atoms in total. The zero-order valence-electron chi connectivity index (χ0n) is 12.6. The van der Waals surface area contributed by atoms with Crippen LogP contribution >= 0.6 is 11.3 Å². The number of methoxy groups -OCH3 is 3. The van der Waals surface area contributed by atoms with Gasteiger partial charge in [0.2, 0.25) is 5.75 Å². The van der Waals surface area contributed by atoms with Crippen LogP contribution in [0.5, 0.6) is 17.2 Å². The second kappa shape index (κ2) is 7.33. The van der Waals surface area contributed by atoms with Gasteiger partial charge in [-0.05, 0) is 47.4 Å². The highest BCUT2D eigenvalue weighted by atomic mass is 32.1. The Bertz CT molecular complexity index is 569. The summed E-state index contributed by atoms with van der Waals surface area (Å²) in [4.78, 5) is 0. The van der Waals surface area contributed by atoms with Crippen molar-refractivity contribution in [2.45, 2.75) is 18.9 Å². The zero-order valence-corrected chi connectivity index (χ0v) is 13.4. The van der Waals surface area contributed by atoms with E-state index in [4.69, 9.17) is 19.9 Å². The molecule has 0 fully saturated rings. The van der Waals surface area contributed by atoms with Crippen LogP contribution in [0.2, 0.25) is 0 Å². The van der Waals surface area contributed by atoms with Gasteiger partial charge in [0.05, 0.1) is 21.3 Å². The van der Waals surface area contributed by atoms with Crippen LogP contribution in [0.3, 0.4) is 0 Å². The van der Waals surface area contributed by atoms with E-state index in [1.54, 1.807) is 32.7 Å². The summed E-state index contributed by atoms with van der Waals surface area (Å²) >= 11 is 1.70. The lowest BCUT2D eigenvalue weighted by Gasteiger charge is -2.19. The number of hydrogen-bond acceptors (Lipinski definition) is 5. The molecule has 5 heteroatoms. The first-order valence-corrected chi connectivity index (χ1v) is 7.71. The Kier molecular flexibility index (Phi) is 5.47. The lowest BCUT2D eigenvalue weighted by Crippen LogP contribution is -2.13. The van der Waals surface area contributed by atoms with E-state index in [1.807, 2.05) is 12.1 Å². The maximum atomic E-state index is 6.33. The number of hydrogen-bond donors (Lipinski definition) is 1. The SMILES string of the molecule is COc1ccc(C(N)CCc2ccsc2)c(OC)c1OC. The van der Waals surface area contributed by atoms with Crippen molar-refractivity contribution >= 4 is 11.3 Å². The van der Waals surface area contributed by atoms with Crippen molar-refractivity contribution in [3.63, 3.8) is 0 Å². The predicted molar refractivity (Wildman–Crippen MR) is 85.7 cm³/mol. The molecule has 0 amide bonds. The van der Waals surface area contributed by atoms with Gasteiger partial charge in [0.1, 0.15) is 0 Å². The summed E-state index contributed by atoms with van der Waals surface area (Å²) in [6.45, 7) is 0. The monoisotopic (exact) mass is 307 g/mol. The van der Waals surface area contributed by atoms with Crippen LogP contribution in [0.4, 0.5) is 0 Å². The van der Waals surface area contributed by atoms with E-state index in [-0.39, 0.29) is 6.04 Å². The predicted octanol–water partition coefficient (Wildman–Crippen LogP) is 3.41. The van der Waals surface area contributed by atoms with Gasteiger partial charge in [-0.15, -0.1) is 0 Å². The summed E-state index contributed by atoms with van der Waals surface area (Å²) in [7, 11) is 4.82. The summed E-state index contributed by atoms with van der Waals surface area (Å²) in [5, 5.41) is 4.23. The first kappa shape index (κ1) is 15.7. The molecule has 1 heterocycles. The minimum atomic E-state index is -0.111. The fraction of sp³-hybridized carbons (Fsp3) is 0.375. The molecule has 0 aliphatic heterocycles. The normalized spacial score (nSPS) is 12.0. The van der Waals surface area contributed by atoms with E-state index >= 15 is 0 Å². The largest absolute Gasteiger partial charge is 0.493 e. The van der Waals surface area contributed by atoms with Crippen LogP contribution in [0, 0.1) is 0 Å². The minimum absolute atomic E-state index is 0.111. The summed E-state index contributed by atoms with van der Waals surface area (Å²) < 4.78 is 16.2. The van der Waals surface area contributed by atoms with Crippen molar-refractivity contribution in [3.05, 3.63) is 40.1 Å². The van der Waals surface area contributed by atoms with E-state index in [9.17, 15) is 0 Å². The average molecular weight is 307 g/mol. The summed E-state index contributed by atoms with van der Waals surface area (Å²) in [5.41, 5.74) is 8.58. The van der Waals surface area contributed by atoms with Gasteiger partial charge < -0.3 is 19.9 Å². The third-order valence-corrected chi connectivity index (χ3v) is 4.19. The average Bonchev–Trinajstić information content (AvgIpc) is 3.04. The van der Waals surface area contributed by atoms with Crippen LogP contribution in [-0.4, -0.2) is 21.3 Å². The molecule has 2 aromatic rings.